The summed E-state index contributed by atoms with van der Waals surface area (Å²) in [6.07, 6.45) is 5.77. The highest BCUT2D eigenvalue weighted by atomic mass is 16.5. The highest BCUT2D eigenvalue weighted by Gasteiger charge is 2.31. The monoisotopic (exact) mass is 354 g/mol. The summed E-state index contributed by atoms with van der Waals surface area (Å²) in [6, 6.07) is 6.14. The molecule has 3 rings (SSSR count). The molecule has 1 aliphatic carbocycles. The van der Waals surface area contributed by atoms with Crippen molar-refractivity contribution in [2.45, 2.75) is 59.4 Å². The van der Waals surface area contributed by atoms with Gasteiger partial charge in [-0.1, -0.05) is 25.5 Å². The van der Waals surface area contributed by atoms with Crippen LogP contribution in [0.2, 0.25) is 0 Å². The predicted molar refractivity (Wildman–Crippen MR) is 107 cm³/mol. The highest BCUT2D eigenvalue weighted by molar-refractivity contribution is 5.91. The number of amides is 1. The van der Waals surface area contributed by atoms with E-state index in [9.17, 15) is 4.79 Å². The molecule has 1 unspecified atom stereocenters. The number of nitrogens with one attached hydrogen (secondary N) is 2. The Hall–Kier alpha value is -2.23. The van der Waals surface area contributed by atoms with Crippen molar-refractivity contribution in [2.24, 2.45) is 5.41 Å². The zero-order valence-corrected chi connectivity index (χ0v) is 16.5. The van der Waals surface area contributed by atoms with E-state index in [0.29, 0.717) is 6.42 Å². The largest absolute Gasteiger partial charge is 0.497 e. The van der Waals surface area contributed by atoms with Gasteiger partial charge in [-0.3, -0.25) is 4.79 Å². The van der Waals surface area contributed by atoms with Crippen LogP contribution in [0, 0.1) is 12.3 Å². The molecular weight excluding hydrogens is 324 g/mol. The molecule has 0 radical (unpaired) electrons. The summed E-state index contributed by atoms with van der Waals surface area (Å²) < 4.78 is 5.34. The number of H-pyrrole nitrogens is 1. The molecule has 0 saturated carbocycles. The van der Waals surface area contributed by atoms with Crippen LogP contribution in [0.3, 0.4) is 0 Å². The number of methoxy groups -OCH3 is 1. The Labute approximate surface area is 156 Å². The average Bonchev–Trinajstić information content (AvgIpc) is 2.84. The van der Waals surface area contributed by atoms with Gasteiger partial charge in [0.25, 0.3) is 0 Å². The number of hydrogen-bond acceptors (Lipinski definition) is 2. The van der Waals surface area contributed by atoms with Gasteiger partial charge in [0.05, 0.1) is 13.5 Å². The lowest BCUT2D eigenvalue weighted by molar-refractivity contribution is -0.122. The number of benzene rings is 1. The Bertz CT molecular complexity index is 845. The maximum atomic E-state index is 12.8. The third-order valence-electron chi connectivity index (χ3n) is 5.75. The molecule has 1 atom stereocenters. The maximum absolute atomic E-state index is 12.8. The second kappa shape index (κ2) is 7.18. The first-order chi connectivity index (χ1) is 12.3. The number of carbonyl (C=O) groups excluding carboxylic acids is 1. The Balaban J connectivity index is 1.78. The normalized spacial score (nSPS) is 19.7. The van der Waals surface area contributed by atoms with Crippen molar-refractivity contribution >= 4 is 16.8 Å². The standard InChI is InChI=1S/C22H30N2O2/c1-14-6-9-20(22(3,4)11-10-14)24-21(25)13-17-15(2)23-19-8-7-16(26-5)12-18(17)19/h7-8,10,12,20,23H,6,9,11,13H2,1-5H3,(H,24,25). The number of fused-ring (bicyclic) bond motifs is 1. The summed E-state index contributed by atoms with van der Waals surface area (Å²) in [5, 5.41) is 4.38. The van der Waals surface area contributed by atoms with E-state index in [1.165, 1.54) is 5.57 Å². The number of aromatic nitrogens is 1. The van der Waals surface area contributed by atoms with E-state index in [2.05, 4.69) is 37.1 Å². The van der Waals surface area contributed by atoms with Gasteiger partial charge in [0, 0.05) is 22.6 Å². The summed E-state index contributed by atoms with van der Waals surface area (Å²) in [5.41, 5.74) is 4.64. The zero-order chi connectivity index (χ0) is 18.9. The topological polar surface area (TPSA) is 54.1 Å². The van der Waals surface area contributed by atoms with Crippen LogP contribution in [0.15, 0.2) is 29.8 Å². The van der Waals surface area contributed by atoms with E-state index >= 15 is 0 Å². The van der Waals surface area contributed by atoms with Crippen LogP contribution in [0.1, 0.15) is 51.3 Å². The SMILES string of the molecule is COc1ccc2[nH]c(C)c(CC(=O)NC3CCC(C)=CCC3(C)C)c2c1. The molecular formula is C22H30N2O2. The van der Waals surface area contributed by atoms with E-state index in [-0.39, 0.29) is 17.4 Å². The first-order valence-corrected chi connectivity index (χ1v) is 9.40. The quantitative estimate of drug-likeness (QED) is 0.784. The van der Waals surface area contributed by atoms with Crippen molar-refractivity contribution in [3.8, 4) is 5.75 Å². The summed E-state index contributed by atoms with van der Waals surface area (Å²) >= 11 is 0. The third-order valence-corrected chi connectivity index (χ3v) is 5.75. The van der Waals surface area contributed by atoms with Crippen LogP contribution in [0.4, 0.5) is 0 Å². The van der Waals surface area contributed by atoms with Crippen LogP contribution in [-0.4, -0.2) is 24.0 Å². The van der Waals surface area contributed by atoms with Gasteiger partial charge in [-0.25, -0.2) is 0 Å². The van der Waals surface area contributed by atoms with Crippen molar-refractivity contribution in [2.75, 3.05) is 7.11 Å². The van der Waals surface area contributed by atoms with Crippen LogP contribution < -0.4 is 10.1 Å². The summed E-state index contributed by atoms with van der Waals surface area (Å²) in [6.45, 7) is 8.70. The summed E-state index contributed by atoms with van der Waals surface area (Å²) in [7, 11) is 1.66. The van der Waals surface area contributed by atoms with E-state index < -0.39 is 0 Å². The zero-order valence-electron chi connectivity index (χ0n) is 16.5. The molecule has 1 amide bonds. The molecule has 0 saturated heterocycles. The number of ether oxygens (including phenoxy) is 1. The minimum Gasteiger partial charge on any atom is -0.497 e. The molecule has 26 heavy (non-hydrogen) atoms. The van der Waals surface area contributed by atoms with Gasteiger partial charge in [0.15, 0.2) is 0 Å². The minimum absolute atomic E-state index is 0.0753. The summed E-state index contributed by atoms with van der Waals surface area (Å²) in [4.78, 5) is 16.2. The molecule has 2 N–H and O–H groups in total. The second-order valence-corrected chi connectivity index (χ2v) is 8.22. The van der Waals surface area contributed by atoms with E-state index in [1.54, 1.807) is 7.11 Å². The van der Waals surface area contributed by atoms with Crippen molar-refractivity contribution < 1.29 is 9.53 Å². The Morgan fingerprint density at radius 3 is 2.85 bits per heavy atom. The lowest BCUT2D eigenvalue weighted by Gasteiger charge is -2.33. The second-order valence-electron chi connectivity index (χ2n) is 8.22. The molecule has 4 heteroatoms. The van der Waals surface area contributed by atoms with Crippen molar-refractivity contribution in [3.05, 3.63) is 41.1 Å². The lowest BCUT2D eigenvalue weighted by Crippen LogP contribution is -2.45. The van der Waals surface area contributed by atoms with Gasteiger partial charge in [0.1, 0.15) is 5.75 Å². The smallest absolute Gasteiger partial charge is 0.224 e. The Morgan fingerprint density at radius 2 is 2.12 bits per heavy atom. The number of aryl methyl sites for hydroxylation is 1. The fourth-order valence-electron chi connectivity index (χ4n) is 3.83. The van der Waals surface area contributed by atoms with E-state index in [4.69, 9.17) is 4.74 Å². The molecule has 1 aromatic carbocycles. The van der Waals surface area contributed by atoms with E-state index in [1.807, 2.05) is 25.1 Å². The van der Waals surface area contributed by atoms with Crippen LogP contribution in [-0.2, 0) is 11.2 Å². The van der Waals surface area contributed by atoms with Crippen LogP contribution in [0.25, 0.3) is 10.9 Å². The van der Waals surface area contributed by atoms with Crippen molar-refractivity contribution in [1.82, 2.24) is 10.3 Å². The Morgan fingerprint density at radius 1 is 1.35 bits per heavy atom. The fraction of sp³-hybridized carbons (Fsp3) is 0.500. The number of aromatic amines is 1. The highest BCUT2D eigenvalue weighted by Crippen LogP contribution is 2.33. The van der Waals surface area contributed by atoms with Crippen molar-refractivity contribution in [1.29, 1.82) is 0 Å². The van der Waals surface area contributed by atoms with Gasteiger partial charge < -0.3 is 15.0 Å². The number of carbonyl (C=O) groups is 1. The molecule has 2 aromatic rings. The number of rotatable bonds is 4. The van der Waals surface area contributed by atoms with Crippen molar-refractivity contribution in [3.63, 3.8) is 0 Å². The van der Waals surface area contributed by atoms with Gasteiger partial charge >= 0.3 is 0 Å². The average molecular weight is 354 g/mol. The molecule has 4 nitrogen and oxygen atoms in total. The predicted octanol–water partition coefficient (Wildman–Crippen LogP) is 4.67. The molecule has 0 bridgehead atoms. The number of hydrogen-bond donors (Lipinski definition) is 2. The molecule has 1 aliphatic rings. The third kappa shape index (κ3) is 3.79. The molecule has 1 heterocycles. The minimum atomic E-state index is 0.0753. The molecule has 0 aliphatic heterocycles. The fourth-order valence-corrected chi connectivity index (χ4v) is 3.83. The maximum Gasteiger partial charge on any atom is 0.224 e. The molecule has 140 valence electrons. The Kier molecular flexibility index (Phi) is 5.12. The van der Waals surface area contributed by atoms with Gasteiger partial charge in [-0.15, -0.1) is 0 Å². The molecule has 1 aromatic heterocycles. The van der Waals surface area contributed by atoms with Gasteiger partial charge in [0.2, 0.25) is 5.91 Å². The van der Waals surface area contributed by atoms with Crippen LogP contribution in [0.5, 0.6) is 5.75 Å². The van der Waals surface area contributed by atoms with Crippen LogP contribution >= 0.6 is 0 Å². The molecule has 0 fully saturated rings. The van der Waals surface area contributed by atoms with Gasteiger partial charge in [-0.2, -0.15) is 0 Å². The number of allylic oxidation sites excluding steroid dienone is 2. The first-order valence-electron chi connectivity index (χ1n) is 9.40. The molecule has 0 spiro atoms. The first kappa shape index (κ1) is 18.6. The lowest BCUT2D eigenvalue weighted by atomic mass is 9.80. The summed E-state index contributed by atoms with van der Waals surface area (Å²) in [5.74, 6) is 0.902. The van der Waals surface area contributed by atoms with Gasteiger partial charge in [-0.05, 0) is 62.3 Å². The van der Waals surface area contributed by atoms with E-state index in [0.717, 1.165) is 47.2 Å².